The number of likely N-dealkylation sites (tertiary alicyclic amines) is 1. The molecule has 1 saturated heterocycles. The van der Waals surface area contributed by atoms with Gasteiger partial charge in [0.2, 0.25) is 0 Å². The summed E-state index contributed by atoms with van der Waals surface area (Å²) in [5.41, 5.74) is 0. The van der Waals surface area contributed by atoms with Gasteiger partial charge in [-0.15, -0.1) is 0 Å². The van der Waals surface area contributed by atoms with Gasteiger partial charge in [0.05, 0.1) is 0 Å². The van der Waals surface area contributed by atoms with E-state index >= 15 is 0 Å². The Morgan fingerprint density at radius 3 is 2.42 bits per heavy atom. The highest BCUT2D eigenvalue weighted by Gasteiger charge is 2.28. The third-order valence-corrected chi connectivity index (χ3v) is 5.34. The van der Waals surface area contributed by atoms with Crippen molar-refractivity contribution in [3.63, 3.8) is 0 Å². The predicted molar refractivity (Wildman–Crippen MR) is 83.5 cm³/mol. The van der Waals surface area contributed by atoms with E-state index in [1.807, 2.05) is 0 Å². The number of hydrogen-bond acceptors (Lipinski definition) is 2. The molecule has 1 aliphatic carbocycles. The molecule has 0 radical (unpaired) electrons. The van der Waals surface area contributed by atoms with Gasteiger partial charge in [-0.25, -0.2) is 0 Å². The van der Waals surface area contributed by atoms with E-state index in [-0.39, 0.29) is 0 Å². The molecule has 0 aromatic heterocycles. The second-order valence-corrected chi connectivity index (χ2v) is 6.62. The average Bonchev–Trinajstić information content (AvgIpc) is 2.86. The van der Waals surface area contributed by atoms with Crippen LogP contribution in [0.15, 0.2) is 0 Å². The molecule has 0 aromatic carbocycles. The molecular weight excluding hydrogens is 232 g/mol. The lowest BCUT2D eigenvalue weighted by atomic mass is 9.96. The van der Waals surface area contributed by atoms with Crippen molar-refractivity contribution in [2.75, 3.05) is 19.6 Å². The first-order valence-corrected chi connectivity index (χ1v) is 8.82. The molecule has 2 fully saturated rings. The maximum atomic E-state index is 3.80. The summed E-state index contributed by atoms with van der Waals surface area (Å²) >= 11 is 0. The zero-order valence-electron chi connectivity index (χ0n) is 13.2. The number of hydrogen-bond donors (Lipinski definition) is 1. The third kappa shape index (κ3) is 4.46. The Kier molecular flexibility index (Phi) is 6.66. The molecule has 1 aliphatic heterocycles. The molecule has 2 atom stereocenters. The Hall–Kier alpha value is -0.0800. The smallest absolute Gasteiger partial charge is 0.0223 e. The molecule has 1 heterocycles. The van der Waals surface area contributed by atoms with Crippen LogP contribution < -0.4 is 5.32 Å². The third-order valence-electron chi connectivity index (χ3n) is 5.34. The molecule has 2 nitrogen and oxygen atoms in total. The number of likely N-dealkylation sites (N-methyl/N-ethyl adjacent to an activating group) is 1. The summed E-state index contributed by atoms with van der Waals surface area (Å²) in [6.07, 6.45) is 12.9. The van der Waals surface area contributed by atoms with Gasteiger partial charge in [0, 0.05) is 18.6 Å². The van der Waals surface area contributed by atoms with Crippen LogP contribution in [0.25, 0.3) is 0 Å². The van der Waals surface area contributed by atoms with Gasteiger partial charge in [-0.05, 0) is 51.1 Å². The Bertz CT molecular complexity index is 235. The molecule has 19 heavy (non-hydrogen) atoms. The van der Waals surface area contributed by atoms with Crippen molar-refractivity contribution in [3.8, 4) is 0 Å². The SMILES string of the molecule is CCNC(CN1CCCCCC1CC)C1CCCC1. The van der Waals surface area contributed by atoms with E-state index in [0.29, 0.717) is 0 Å². The van der Waals surface area contributed by atoms with Crippen LogP contribution in [0.5, 0.6) is 0 Å². The summed E-state index contributed by atoms with van der Waals surface area (Å²) in [6, 6.07) is 1.60. The topological polar surface area (TPSA) is 15.3 Å². The van der Waals surface area contributed by atoms with E-state index < -0.39 is 0 Å². The molecule has 1 N–H and O–H groups in total. The van der Waals surface area contributed by atoms with E-state index in [1.54, 1.807) is 0 Å². The molecule has 112 valence electrons. The molecular formula is C17H34N2. The lowest BCUT2D eigenvalue weighted by Gasteiger charge is -2.35. The number of rotatable bonds is 6. The lowest BCUT2D eigenvalue weighted by Crippen LogP contribution is -2.48. The molecule has 0 amide bonds. The first-order chi connectivity index (χ1) is 9.35. The summed E-state index contributed by atoms with van der Waals surface area (Å²) in [5, 5.41) is 3.80. The zero-order valence-corrected chi connectivity index (χ0v) is 13.2. The van der Waals surface area contributed by atoms with E-state index in [4.69, 9.17) is 0 Å². The van der Waals surface area contributed by atoms with E-state index in [9.17, 15) is 0 Å². The summed E-state index contributed by atoms with van der Waals surface area (Å²) in [4.78, 5) is 2.82. The van der Waals surface area contributed by atoms with Crippen LogP contribution >= 0.6 is 0 Å². The number of nitrogens with one attached hydrogen (secondary N) is 1. The molecule has 2 rings (SSSR count). The Morgan fingerprint density at radius 1 is 1.00 bits per heavy atom. The summed E-state index contributed by atoms with van der Waals surface area (Å²) in [6.45, 7) is 8.42. The Labute approximate surface area is 120 Å². The molecule has 2 aliphatic rings. The van der Waals surface area contributed by atoms with Crippen LogP contribution in [0.1, 0.15) is 71.6 Å². The van der Waals surface area contributed by atoms with E-state index in [0.717, 1.165) is 24.5 Å². The van der Waals surface area contributed by atoms with Crippen LogP contribution in [0.4, 0.5) is 0 Å². The fraction of sp³-hybridized carbons (Fsp3) is 1.00. The summed E-state index contributed by atoms with van der Waals surface area (Å²) in [5.74, 6) is 0.945. The van der Waals surface area contributed by atoms with Crippen LogP contribution in [-0.4, -0.2) is 36.6 Å². The van der Waals surface area contributed by atoms with E-state index in [1.165, 1.54) is 70.9 Å². The van der Waals surface area contributed by atoms with Crippen LogP contribution in [-0.2, 0) is 0 Å². The molecule has 2 heteroatoms. The maximum absolute atomic E-state index is 3.80. The van der Waals surface area contributed by atoms with Gasteiger partial charge >= 0.3 is 0 Å². The van der Waals surface area contributed by atoms with E-state index in [2.05, 4.69) is 24.1 Å². The Morgan fingerprint density at radius 2 is 1.74 bits per heavy atom. The van der Waals surface area contributed by atoms with Gasteiger partial charge in [0.15, 0.2) is 0 Å². The highest BCUT2D eigenvalue weighted by atomic mass is 15.2. The van der Waals surface area contributed by atoms with Crippen molar-refractivity contribution < 1.29 is 0 Å². The minimum absolute atomic E-state index is 0.750. The predicted octanol–water partition coefficient (Wildman–Crippen LogP) is 3.81. The fourth-order valence-electron chi connectivity index (χ4n) is 4.19. The maximum Gasteiger partial charge on any atom is 0.0223 e. The van der Waals surface area contributed by atoms with Crippen LogP contribution in [0.2, 0.25) is 0 Å². The first kappa shape index (κ1) is 15.3. The molecule has 1 saturated carbocycles. The van der Waals surface area contributed by atoms with Gasteiger partial charge in [0.1, 0.15) is 0 Å². The van der Waals surface area contributed by atoms with Gasteiger partial charge in [-0.1, -0.05) is 39.5 Å². The lowest BCUT2D eigenvalue weighted by molar-refractivity contribution is 0.155. The minimum Gasteiger partial charge on any atom is -0.313 e. The average molecular weight is 266 g/mol. The molecule has 0 bridgehead atoms. The largest absolute Gasteiger partial charge is 0.313 e. The van der Waals surface area contributed by atoms with Gasteiger partial charge < -0.3 is 5.32 Å². The Balaban J connectivity index is 1.92. The van der Waals surface area contributed by atoms with Crippen molar-refractivity contribution in [2.24, 2.45) is 5.92 Å². The van der Waals surface area contributed by atoms with Crippen molar-refractivity contribution in [1.29, 1.82) is 0 Å². The van der Waals surface area contributed by atoms with Crippen molar-refractivity contribution >= 4 is 0 Å². The molecule has 0 aromatic rings. The van der Waals surface area contributed by atoms with Gasteiger partial charge in [-0.2, -0.15) is 0 Å². The van der Waals surface area contributed by atoms with Crippen molar-refractivity contribution in [3.05, 3.63) is 0 Å². The first-order valence-electron chi connectivity index (χ1n) is 8.82. The molecule has 0 spiro atoms. The fourth-order valence-corrected chi connectivity index (χ4v) is 4.19. The highest BCUT2D eigenvalue weighted by Crippen LogP contribution is 2.29. The standard InChI is InChI=1S/C17H34N2/c1-3-16-12-6-5-9-13-19(16)14-17(18-4-2)15-10-7-8-11-15/h15-18H,3-14H2,1-2H3. The van der Waals surface area contributed by atoms with Crippen molar-refractivity contribution in [1.82, 2.24) is 10.2 Å². The second kappa shape index (κ2) is 8.26. The van der Waals surface area contributed by atoms with Crippen LogP contribution in [0.3, 0.4) is 0 Å². The highest BCUT2D eigenvalue weighted by molar-refractivity contribution is 4.85. The monoisotopic (exact) mass is 266 g/mol. The second-order valence-electron chi connectivity index (χ2n) is 6.62. The summed E-state index contributed by atoms with van der Waals surface area (Å²) in [7, 11) is 0. The van der Waals surface area contributed by atoms with Gasteiger partial charge in [0.25, 0.3) is 0 Å². The number of nitrogens with zero attached hydrogens (tertiary/aromatic N) is 1. The zero-order chi connectivity index (χ0) is 13.5. The normalized spacial score (nSPS) is 28.4. The van der Waals surface area contributed by atoms with Crippen molar-refractivity contribution in [2.45, 2.75) is 83.7 Å². The van der Waals surface area contributed by atoms with Gasteiger partial charge in [-0.3, -0.25) is 4.90 Å². The minimum atomic E-state index is 0.750. The molecule has 2 unspecified atom stereocenters. The summed E-state index contributed by atoms with van der Waals surface area (Å²) < 4.78 is 0. The quantitative estimate of drug-likeness (QED) is 0.786. The van der Waals surface area contributed by atoms with Crippen LogP contribution in [0, 0.1) is 5.92 Å².